The van der Waals surface area contributed by atoms with E-state index in [0.717, 1.165) is 6.07 Å². The van der Waals surface area contributed by atoms with E-state index in [-0.39, 0.29) is 11.1 Å². The second kappa shape index (κ2) is 5.73. The minimum absolute atomic E-state index is 0.0782. The first kappa shape index (κ1) is 16.3. The Morgan fingerprint density at radius 1 is 1.21 bits per heavy atom. The van der Waals surface area contributed by atoms with Crippen LogP contribution in [0.4, 0.5) is 18.9 Å². The highest BCUT2D eigenvalue weighted by atomic mass is 79.9. The molecule has 0 saturated carbocycles. The predicted octanol–water partition coefficient (Wildman–Crippen LogP) is 5.56. The molecule has 1 nitrogen and oxygen atoms in total. The van der Waals surface area contributed by atoms with Crippen molar-refractivity contribution in [3.63, 3.8) is 0 Å². The maximum atomic E-state index is 12.9. The summed E-state index contributed by atoms with van der Waals surface area (Å²) >= 11 is 3.21. The van der Waals surface area contributed by atoms with Crippen LogP contribution in [0.5, 0.6) is 0 Å². The molecule has 0 aliphatic heterocycles. The summed E-state index contributed by atoms with van der Waals surface area (Å²) < 4.78 is 39.3. The Balaban J connectivity index is 2.98. The van der Waals surface area contributed by atoms with Crippen LogP contribution in [0.15, 0.2) is 22.7 Å². The minimum atomic E-state index is -4.34. The molecule has 5 heteroatoms. The first-order valence-electron chi connectivity index (χ1n) is 6.14. The predicted molar refractivity (Wildman–Crippen MR) is 76.3 cm³/mol. The molecule has 108 valence electrons. The molecular weight excluding hydrogens is 319 g/mol. The van der Waals surface area contributed by atoms with Gasteiger partial charge in [0.1, 0.15) is 0 Å². The first-order chi connectivity index (χ1) is 8.54. The van der Waals surface area contributed by atoms with Gasteiger partial charge in [-0.25, -0.2) is 0 Å². The van der Waals surface area contributed by atoms with E-state index in [4.69, 9.17) is 0 Å². The topological polar surface area (TPSA) is 12.0 Å². The molecule has 0 aliphatic carbocycles. The summed E-state index contributed by atoms with van der Waals surface area (Å²) in [6.45, 7) is 8.69. The Hall–Kier alpha value is -0.710. The number of alkyl halides is 3. The molecule has 0 amide bonds. The summed E-state index contributed by atoms with van der Waals surface area (Å²) in [5.74, 6) is 0.376. The van der Waals surface area contributed by atoms with Crippen molar-refractivity contribution in [1.29, 1.82) is 0 Å². The SMILES string of the molecule is CC(C)C(C)(C)CNc1cc(Br)ccc1C(F)(F)F. The van der Waals surface area contributed by atoms with Gasteiger partial charge in [-0.05, 0) is 29.5 Å². The average Bonchev–Trinajstić information content (AvgIpc) is 2.24. The van der Waals surface area contributed by atoms with Gasteiger partial charge in [-0.1, -0.05) is 43.6 Å². The molecule has 0 heterocycles. The van der Waals surface area contributed by atoms with Gasteiger partial charge in [0.05, 0.1) is 5.56 Å². The molecule has 0 unspecified atom stereocenters. The van der Waals surface area contributed by atoms with Gasteiger partial charge < -0.3 is 5.32 Å². The number of halogens is 4. The summed E-state index contributed by atoms with van der Waals surface area (Å²) in [4.78, 5) is 0. The molecule has 1 N–H and O–H groups in total. The Kier molecular flexibility index (Phi) is 4.93. The molecule has 0 aliphatic rings. The normalized spacial score (nSPS) is 12.9. The van der Waals surface area contributed by atoms with Crippen molar-refractivity contribution in [2.45, 2.75) is 33.9 Å². The van der Waals surface area contributed by atoms with Crippen molar-refractivity contribution in [1.82, 2.24) is 0 Å². The van der Waals surface area contributed by atoms with Gasteiger partial charge in [0.2, 0.25) is 0 Å². The van der Waals surface area contributed by atoms with Crippen LogP contribution in [0, 0.1) is 11.3 Å². The molecule has 0 bridgehead atoms. The number of nitrogens with one attached hydrogen (secondary N) is 1. The van der Waals surface area contributed by atoms with Gasteiger partial charge in [-0.15, -0.1) is 0 Å². The van der Waals surface area contributed by atoms with E-state index < -0.39 is 11.7 Å². The van der Waals surface area contributed by atoms with Crippen LogP contribution in [0.25, 0.3) is 0 Å². The van der Waals surface area contributed by atoms with Crippen LogP contribution in [0.1, 0.15) is 33.3 Å². The number of benzene rings is 1. The van der Waals surface area contributed by atoms with E-state index in [1.54, 1.807) is 0 Å². The van der Waals surface area contributed by atoms with Crippen LogP contribution >= 0.6 is 15.9 Å². The van der Waals surface area contributed by atoms with Crippen LogP contribution in [0.3, 0.4) is 0 Å². The Morgan fingerprint density at radius 2 is 1.79 bits per heavy atom. The Labute approximate surface area is 120 Å². The molecule has 1 aromatic rings. The molecule has 19 heavy (non-hydrogen) atoms. The van der Waals surface area contributed by atoms with E-state index in [1.165, 1.54) is 12.1 Å². The van der Waals surface area contributed by atoms with E-state index in [0.29, 0.717) is 16.9 Å². The Bertz CT molecular complexity index is 439. The number of hydrogen-bond acceptors (Lipinski definition) is 1. The van der Waals surface area contributed by atoms with Crippen molar-refractivity contribution in [2.24, 2.45) is 11.3 Å². The first-order valence-corrected chi connectivity index (χ1v) is 6.94. The standard InChI is InChI=1S/C14H19BrF3N/c1-9(2)13(3,4)8-19-12-7-10(15)5-6-11(12)14(16,17)18/h5-7,9,19H,8H2,1-4H3. The van der Waals surface area contributed by atoms with Crippen molar-refractivity contribution in [2.75, 3.05) is 11.9 Å². The zero-order chi connectivity index (χ0) is 14.8. The summed E-state index contributed by atoms with van der Waals surface area (Å²) in [6.07, 6.45) is -4.34. The lowest BCUT2D eigenvalue weighted by atomic mass is 9.81. The van der Waals surface area contributed by atoms with E-state index >= 15 is 0 Å². The van der Waals surface area contributed by atoms with Gasteiger partial charge >= 0.3 is 6.18 Å². The lowest BCUT2D eigenvalue weighted by Crippen LogP contribution is -2.29. The molecular formula is C14H19BrF3N. The molecule has 1 aromatic carbocycles. The lowest BCUT2D eigenvalue weighted by Gasteiger charge is -2.30. The molecule has 0 saturated heterocycles. The van der Waals surface area contributed by atoms with Gasteiger partial charge in [0.25, 0.3) is 0 Å². The monoisotopic (exact) mass is 337 g/mol. The van der Waals surface area contributed by atoms with Crippen molar-refractivity contribution in [3.05, 3.63) is 28.2 Å². The van der Waals surface area contributed by atoms with Crippen LogP contribution < -0.4 is 5.32 Å². The van der Waals surface area contributed by atoms with Crippen molar-refractivity contribution >= 4 is 21.6 Å². The summed E-state index contributed by atoms with van der Waals surface area (Å²) in [5, 5.41) is 2.93. The fourth-order valence-corrected chi connectivity index (χ4v) is 1.80. The van der Waals surface area contributed by atoms with Crippen LogP contribution in [-0.2, 0) is 6.18 Å². The lowest BCUT2D eigenvalue weighted by molar-refractivity contribution is -0.137. The summed E-state index contributed by atoms with van der Waals surface area (Å²) in [7, 11) is 0. The van der Waals surface area contributed by atoms with Gasteiger partial charge in [-0.3, -0.25) is 0 Å². The quantitative estimate of drug-likeness (QED) is 0.758. The van der Waals surface area contributed by atoms with Crippen molar-refractivity contribution < 1.29 is 13.2 Å². The second-order valence-corrected chi connectivity index (χ2v) is 6.60. The van der Waals surface area contributed by atoms with Crippen LogP contribution in [-0.4, -0.2) is 6.54 Å². The average molecular weight is 338 g/mol. The van der Waals surface area contributed by atoms with Gasteiger partial charge in [-0.2, -0.15) is 13.2 Å². The maximum absolute atomic E-state index is 12.9. The molecule has 0 atom stereocenters. The third kappa shape index (κ3) is 4.41. The molecule has 0 aromatic heterocycles. The highest BCUT2D eigenvalue weighted by Gasteiger charge is 2.34. The maximum Gasteiger partial charge on any atom is 0.418 e. The van der Waals surface area contributed by atoms with Gasteiger partial charge in [0.15, 0.2) is 0 Å². The highest BCUT2D eigenvalue weighted by Crippen LogP contribution is 2.37. The summed E-state index contributed by atoms with van der Waals surface area (Å²) in [5.41, 5.74) is -0.587. The minimum Gasteiger partial charge on any atom is -0.384 e. The zero-order valence-electron chi connectivity index (χ0n) is 11.5. The molecule has 0 radical (unpaired) electrons. The highest BCUT2D eigenvalue weighted by molar-refractivity contribution is 9.10. The van der Waals surface area contributed by atoms with E-state index in [1.807, 2.05) is 13.8 Å². The summed E-state index contributed by atoms with van der Waals surface area (Å²) in [6, 6.07) is 3.97. The Morgan fingerprint density at radius 3 is 2.26 bits per heavy atom. The van der Waals surface area contributed by atoms with E-state index in [2.05, 4.69) is 35.1 Å². The molecule has 0 spiro atoms. The zero-order valence-corrected chi connectivity index (χ0v) is 13.1. The number of anilines is 1. The third-order valence-corrected chi connectivity index (χ3v) is 4.08. The fraction of sp³-hybridized carbons (Fsp3) is 0.571. The largest absolute Gasteiger partial charge is 0.418 e. The van der Waals surface area contributed by atoms with Crippen LogP contribution in [0.2, 0.25) is 0 Å². The fourth-order valence-electron chi connectivity index (χ4n) is 1.44. The van der Waals surface area contributed by atoms with Gasteiger partial charge in [0, 0.05) is 16.7 Å². The van der Waals surface area contributed by atoms with Crippen molar-refractivity contribution in [3.8, 4) is 0 Å². The second-order valence-electron chi connectivity index (χ2n) is 5.68. The molecule has 1 rings (SSSR count). The smallest absolute Gasteiger partial charge is 0.384 e. The number of hydrogen-bond donors (Lipinski definition) is 1. The molecule has 0 fully saturated rings. The third-order valence-electron chi connectivity index (χ3n) is 3.58. The number of rotatable bonds is 4. The van der Waals surface area contributed by atoms with E-state index in [9.17, 15) is 13.2 Å².